The number of carbonyl (C=O) groups is 2. The molecule has 1 unspecified atom stereocenters. The van der Waals surface area contributed by atoms with Gasteiger partial charge in [0.1, 0.15) is 12.2 Å². The Kier molecular flexibility index (Phi) is 6.21. The molecule has 0 spiro atoms. The molecule has 0 amide bonds. The molecule has 0 radical (unpaired) electrons. The van der Waals surface area contributed by atoms with Crippen LogP contribution in [0.2, 0.25) is 0 Å². The van der Waals surface area contributed by atoms with E-state index in [0.717, 1.165) is 5.56 Å². The Morgan fingerprint density at radius 2 is 1.71 bits per heavy atom. The number of carbonyl (C=O) groups excluding carboxylic acids is 2. The molecule has 1 atom stereocenters. The van der Waals surface area contributed by atoms with Gasteiger partial charge in [0, 0.05) is 5.92 Å². The molecular weight excluding hydrogens is 272 g/mol. The molecule has 21 heavy (non-hydrogen) atoms. The van der Waals surface area contributed by atoms with Gasteiger partial charge < -0.3 is 14.2 Å². The lowest BCUT2D eigenvalue weighted by atomic mass is 10.0. The fraction of sp³-hybridized carbons (Fsp3) is 0.500. The third-order valence-electron chi connectivity index (χ3n) is 2.55. The van der Waals surface area contributed by atoms with Crippen molar-refractivity contribution < 1.29 is 23.8 Å². The molecule has 5 heteroatoms. The highest BCUT2D eigenvalue weighted by Gasteiger charge is 2.18. The van der Waals surface area contributed by atoms with Gasteiger partial charge in [-0.05, 0) is 26.3 Å². The van der Waals surface area contributed by atoms with Gasteiger partial charge in [0.15, 0.2) is 6.61 Å². The van der Waals surface area contributed by atoms with Gasteiger partial charge in [-0.3, -0.25) is 0 Å². The molecule has 5 nitrogen and oxygen atoms in total. The van der Waals surface area contributed by atoms with Gasteiger partial charge in [-0.2, -0.15) is 0 Å². The average Bonchev–Trinajstić information content (AvgIpc) is 2.41. The van der Waals surface area contributed by atoms with Gasteiger partial charge in [0.05, 0.1) is 0 Å². The van der Waals surface area contributed by atoms with Crippen molar-refractivity contribution in [3.05, 3.63) is 35.9 Å². The van der Waals surface area contributed by atoms with Crippen LogP contribution in [0.4, 0.5) is 4.79 Å². The Morgan fingerprint density at radius 3 is 2.29 bits per heavy atom. The summed E-state index contributed by atoms with van der Waals surface area (Å²) in [6.07, 6.45) is -0.872. The van der Waals surface area contributed by atoms with Crippen LogP contribution in [-0.4, -0.2) is 30.9 Å². The molecule has 0 aliphatic carbocycles. The zero-order valence-corrected chi connectivity index (χ0v) is 12.9. The zero-order valence-electron chi connectivity index (χ0n) is 12.9. The molecule has 116 valence electrons. The molecule has 0 saturated carbocycles. The van der Waals surface area contributed by atoms with E-state index in [4.69, 9.17) is 14.2 Å². The van der Waals surface area contributed by atoms with E-state index in [1.54, 1.807) is 20.8 Å². The molecule has 1 aromatic carbocycles. The molecule has 0 aliphatic heterocycles. The number of benzene rings is 1. The number of rotatable bonds is 5. The Balaban J connectivity index is 2.27. The van der Waals surface area contributed by atoms with Gasteiger partial charge in [-0.1, -0.05) is 37.3 Å². The Hall–Kier alpha value is -2.04. The minimum Gasteiger partial charge on any atom is -0.457 e. The van der Waals surface area contributed by atoms with Gasteiger partial charge >= 0.3 is 12.1 Å². The molecule has 0 bridgehead atoms. The van der Waals surface area contributed by atoms with Crippen LogP contribution >= 0.6 is 0 Å². The summed E-state index contributed by atoms with van der Waals surface area (Å²) in [5.41, 5.74) is 0.462. The predicted molar refractivity (Wildman–Crippen MR) is 78.0 cm³/mol. The van der Waals surface area contributed by atoms with E-state index >= 15 is 0 Å². The van der Waals surface area contributed by atoms with E-state index in [2.05, 4.69) is 0 Å². The minimum atomic E-state index is -0.872. The van der Waals surface area contributed by atoms with E-state index in [-0.39, 0.29) is 12.5 Å². The summed E-state index contributed by atoms with van der Waals surface area (Å²) >= 11 is 0. The van der Waals surface area contributed by atoms with Crippen molar-refractivity contribution in [1.82, 2.24) is 0 Å². The van der Waals surface area contributed by atoms with Crippen molar-refractivity contribution in [2.75, 3.05) is 13.2 Å². The monoisotopic (exact) mass is 294 g/mol. The van der Waals surface area contributed by atoms with E-state index in [0.29, 0.717) is 0 Å². The predicted octanol–water partition coefficient (Wildman–Crippen LogP) is 3.29. The summed E-state index contributed by atoms with van der Waals surface area (Å²) in [7, 11) is 0. The number of hydrogen-bond donors (Lipinski definition) is 0. The van der Waals surface area contributed by atoms with Gasteiger partial charge in [-0.15, -0.1) is 0 Å². The van der Waals surface area contributed by atoms with Crippen molar-refractivity contribution >= 4 is 12.1 Å². The van der Waals surface area contributed by atoms with Crippen LogP contribution in [0.1, 0.15) is 39.2 Å². The largest absolute Gasteiger partial charge is 0.508 e. The normalized spacial score (nSPS) is 12.4. The first kappa shape index (κ1) is 17.0. The minimum absolute atomic E-state index is 0.0558. The first-order valence-electron chi connectivity index (χ1n) is 6.84. The third-order valence-corrected chi connectivity index (χ3v) is 2.55. The summed E-state index contributed by atoms with van der Waals surface area (Å²) in [4.78, 5) is 22.8. The molecule has 1 rings (SSSR count). The topological polar surface area (TPSA) is 61.8 Å². The molecular formula is C16H22O5. The number of hydrogen-bond acceptors (Lipinski definition) is 5. The Bertz CT molecular complexity index is 461. The molecule has 0 N–H and O–H groups in total. The molecule has 0 fully saturated rings. The van der Waals surface area contributed by atoms with E-state index in [9.17, 15) is 9.59 Å². The zero-order chi connectivity index (χ0) is 15.9. The van der Waals surface area contributed by atoms with E-state index in [1.165, 1.54) is 0 Å². The molecule has 0 aliphatic rings. The van der Waals surface area contributed by atoms with Crippen LogP contribution in [0.3, 0.4) is 0 Å². The molecule has 0 aromatic heterocycles. The lowest BCUT2D eigenvalue weighted by molar-refractivity contribution is -0.159. The van der Waals surface area contributed by atoms with Crippen molar-refractivity contribution in [2.45, 2.75) is 39.2 Å². The van der Waals surface area contributed by atoms with Crippen LogP contribution < -0.4 is 0 Å². The summed E-state index contributed by atoms with van der Waals surface area (Å²) < 4.78 is 14.7. The lowest BCUT2D eigenvalue weighted by Crippen LogP contribution is -2.27. The van der Waals surface area contributed by atoms with Crippen molar-refractivity contribution in [3.63, 3.8) is 0 Å². The molecule has 1 aromatic rings. The molecule has 0 saturated heterocycles. The third kappa shape index (κ3) is 7.34. The van der Waals surface area contributed by atoms with Crippen LogP contribution in [-0.2, 0) is 19.0 Å². The summed E-state index contributed by atoms with van der Waals surface area (Å²) in [5, 5.41) is 0. The van der Waals surface area contributed by atoms with Gasteiger partial charge in [0.25, 0.3) is 0 Å². The fourth-order valence-corrected chi connectivity index (χ4v) is 1.60. The maximum atomic E-state index is 11.4. The first-order chi connectivity index (χ1) is 9.78. The first-order valence-corrected chi connectivity index (χ1v) is 6.84. The van der Waals surface area contributed by atoms with Gasteiger partial charge in [0.2, 0.25) is 0 Å². The van der Waals surface area contributed by atoms with Crippen LogP contribution in [0.5, 0.6) is 0 Å². The fourth-order valence-electron chi connectivity index (χ4n) is 1.60. The highest BCUT2D eigenvalue weighted by Crippen LogP contribution is 2.14. The lowest BCUT2D eigenvalue weighted by Gasteiger charge is -2.19. The van der Waals surface area contributed by atoms with Crippen molar-refractivity contribution in [3.8, 4) is 0 Å². The second-order valence-corrected chi connectivity index (χ2v) is 5.75. The van der Waals surface area contributed by atoms with Crippen LogP contribution in [0, 0.1) is 0 Å². The average molecular weight is 294 g/mol. The molecule has 0 heterocycles. The summed E-state index contributed by atoms with van der Waals surface area (Å²) in [6.45, 7) is 6.91. The van der Waals surface area contributed by atoms with E-state index in [1.807, 2.05) is 37.3 Å². The second-order valence-electron chi connectivity index (χ2n) is 5.75. The van der Waals surface area contributed by atoms with Crippen LogP contribution in [0.15, 0.2) is 30.3 Å². The summed E-state index contributed by atoms with van der Waals surface area (Å²) in [5.74, 6) is -0.546. The smallest absolute Gasteiger partial charge is 0.457 e. The Labute approximate surface area is 125 Å². The quantitative estimate of drug-likeness (QED) is 0.780. The number of ether oxygens (including phenoxy) is 3. The second kappa shape index (κ2) is 7.67. The highest BCUT2D eigenvalue weighted by molar-refractivity contribution is 5.74. The van der Waals surface area contributed by atoms with Crippen molar-refractivity contribution in [1.29, 1.82) is 0 Å². The maximum Gasteiger partial charge on any atom is 0.508 e. The highest BCUT2D eigenvalue weighted by atomic mass is 16.7. The number of esters is 1. The standard InChI is InChI=1S/C16H22O5/c1-12(13-8-6-5-7-9-13)10-19-15(18)20-11-14(17)21-16(2,3)4/h5-9,12H,10-11H2,1-4H3. The van der Waals surface area contributed by atoms with Crippen molar-refractivity contribution in [2.24, 2.45) is 0 Å². The Morgan fingerprint density at radius 1 is 1.10 bits per heavy atom. The maximum absolute atomic E-state index is 11.4. The van der Waals surface area contributed by atoms with Gasteiger partial charge in [-0.25, -0.2) is 9.59 Å². The summed E-state index contributed by atoms with van der Waals surface area (Å²) in [6, 6.07) is 9.69. The van der Waals surface area contributed by atoms with Crippen LogP contribution in [0.25, 0.3) is 0 Å². The van der Waals surface area contributed by atoms with E-state index < -0.39 is 24.3 Å². The SMILES string of the molecule is CC(COC(=O)OCC(=O)OC(C)(C)C)c1ccccc1.